The zero-order valence-electron chi connectivity index (χ0n) is 12.2. The molecule has 1 atom stereocenters. The zero-order chi connectivity index (χ0) is 15.9. The van der Waals surface area contributed by atoms with Crippen LogP contribution in [-0.2, 0) is 0 Å². The molecule has 2 rings (SSSR count). The maximum Gasteiger partial charge on any atom is 0.265 e. The molecular weight excluding hydrogens is 300 g/mol. The summed E-state index contributed by atoms with van der Waals surface area (Å²) in [6.45, 7) is 2.08. The number of aliphatic hydroxyl groups excluding tert-OH is 1. The van der Waals surface area contributed by atoms with Crippen LogP contribution in [0, 0.1) is 0 Å². The number of amides is 2. The molecule has 0 bridgehead atoms. The van der Waals surface area contributed by atoms with Gasteiger partial charge in [-0.3, -0.25) is 9.59 Å². The average molecular weight is 318 g/mol. The van der Waals surface area contributed by atoms with Crippen LogP contribution >= 0.6 is 11.3 Å². The molecule has 0 saturated heterocycles. The SMILES string of the molecule is CC(O)CCNC(=O)c1cccc(NC(=O)c2cccs2)c1. The Morgan fingerprint density at radius 1 is 1.23 bits per heavy atom. The zero-order valence-corrected chi connectivity index (χ0v) is 13.0. The Bertz CT molecular complexity index is 639. The van der Waals surface area contributed by atoms with Crippen LogP contribution in [0.2, 0.25) is 0 Å². The van der Waals surface area contributed by atoms with Gasteiger partial charge in [0.2, 0.25) is 0 Å². The molecule has 0 spiro atoms. The van der Waals surface area contributed by atoms with Gasteiger partial charge in [-0.2, -0.15) is 0 Å². The van der Waals surface area contributed by atoms with Gasteiger partial charge < -0.3 is 15.7 Å². The highest BCUT2D eigenvalue weighted by molar-refractivity contribution is 7.12. The van der Waals surface area contributed by atoms with E-state index in [1.54, 1.807) is 37.3 Å². The summed E-state index contributed by atoms with van der Waals surface area (Å²) in [4.78, 5) is 24.6. The minimum atomic E-state index is -0.447. The van der Waals surface area contributed by atoms with Crippen molar-refractivity contribution < 1.29 is 14.7 Å². The van der Waals surface area contributed by atoms with Crippen LogP contribution in [-0.4, -0.2) is 29.6 Å². The van der Waals surface area contributed by atoms with E-state index in [1.165, 1.54) is 11.3 Å². The summed E-state index contributed by atoms with van der Waals surface area (Å²) >= 11 is 1.36. The molecule has 6 heteroatoms. The maximum absolute atomic E-state index is 12.0. The number of nitrogens with one attached hydrogen (secondary N) is 2. The number of carbonyl (C=O) groups is 2. The van der Waals surface area contributed by atoms with Crippen molar-refractivity contribution in [3.63, 3.8) is 0 Å². The van der Waals surface area contributed by atoms with Crippen molar-refractivity contribution in [3.05, 3.63) is 52.2 Å². The normalized spacial score (nSPS) is 11.7. The van der Waals surface area contributed by atoms with Gasteiger partial charge in [0.1, 0.15) is 0 Å². The lowest BCUT2D eigenvalue weighted by atomic mass is 10.2. The molecular formula is C16H18N2O3S. The number of hydrogen-bond acceptors (Lipinski definition) is 4. The van der Waals surface area contributed by atoms with Crippen LogP contribution < -0.4 is 10.6 Å². The molecule has 1 aromatic heterocycles. The molecule has 1 unspecified atom stereocenters. The van der Waals surface area contributed by atoms with E-state index in [1.807, 2.05) is 11.4 Å². The van der Waals surface area contributed by atoms with Crippen molar-refractivity contribution in [3.8, 4) is 0 Å². The van der Waals surface area contributed by atoms with Crippen LogP contribution in [0.25, 0.3) is 0 Å². The largest absolute Gasteiger partial charge is 0.393 e. The smallest absolute Gasteiger partial charge is 0.265 e. The predicted molar refractivity (Wildman–Crippen MR) is 87.3 cm³/mol. The maximum atomic E-state index is 12.0. The van der Waals surface area contributed by atoms with E-state index >= 15 is 0 Å². The topological polar surface area (TPSA) is 78.4 Å². The number of hydrogen-bond donors (Lipinski definition) is 3. The van der Waals surface area contributed by atoms with E-state index < -0.39 is 6.10 Å². The van der Waals surface area contributed by atoms with Gasteiger partial charge in [0, 0.05) is 17.8 Å². The molecule has 3 N–H and O–H groups in total. The van der Waals surface area contributed by atoms with Gasteiger partial charge >= 0.3 is 0 Å². The second kappa shape index (κ2) is 7.72. The monoisotopic (exact) mass is 318 g/mol. The van der Waals surface area contributed by atoms with Gasteiger partial charge in [-0.25, -0.2) is 0 Å². The number of benzene rings is 1. The first-order valence-electron chi connectivity index (χ1n) is 6.97. The average Bonchev–Trinajstić information content (AvgIpc) is 3.01. The summed E-state index contributed by atoms with van der Waals surface area (Å²) in [7, 11) is 0. The third-order valence-electron chi connectivity index (χ3n) is 2.98. The second-order valence-corrected chi connectivity index (χ2v) is 5.85. The van der Waals surface area contributed by atoms with Crippen molar-refractivity contribution in [1.29, 1.82) is 0 Å². The number of aliphatic hydroxyl groups is 1. The second-order valence-electron chi connectivity index (χ2n) is 4.91. The molecule has 0 fully saturated rings. The van der Waals surface area contributed by atoms with Crippen LogP contribution in [0.4, 0.5) is 5.69 Å². The fraction of sp³-hybridized carbons (Fsp3) is 0.250. The van der Waals surface area contributed by atoms with Crippen molar-refractivity contribution in [2.45, 2.75) is 19.4 Å². The molecule has 5 nitrogen and oxygen atoms in total. The Morgan fingerprint density at radius 3 is 2.73 bits per heavy atom. The Balaban J connectivity index is 1.97. The number of rotatable bonds is 6. The van der Waals surface area contributed by atoms with Crippen LogP contribution in [0.3, 0.4) is 0 Å². The van der Waals surface area contributed by atoms with Crippen molar-refractivity contribution in [2.75, 3.05) is 11.9 Å². The van der Waals surface area contributed by atoms with Gasteiger partial charge in [-0.1, -0.05) is 12.1 Å². The molecule has 0 saturated carbocycles. The van der Waals surface area contributed by atoms with E-state index in [0.717, 1.165) is 0 Å². The summed E-state index contributed by atoms with van der Waals surface area (Å²) in [5.41, 5.74) is 1.04. The van der Waals surface area contributed by atoms with E-state index in [0.29, 0.717) is 29.1 Å². The summed E-state index contributed by atoms with van der Waals surface area (Å²) in [5, 5.41) is 16.5. The number of carbonyl (C=O) groups excluding carboxylic acids is 2. The van der Waals surface area contributed by atoms with Crippen LogP contribution in [0.15, 0.2) is 41.8 Å². The molecule has 0 aliphatic carbocycles. The Hall–Kier alpha value is -2.18. The molecule has 22 heavy (non-hydrogen) atoms. The highest BCUT2D eigenvalue weighted by atomic mass is 32.1. The summed E-state index contributed by atoms with van der Waals surface area (Å²) in [5.74, 6) is -0.422. The summed E-state index contributed by atoms with van der Waals surface area (Å²) < 4.78 is 0. The van der Waals surface area contributed by atoms with E-state index in [4.69, 9.17) is 0 Å². The van der Waals surface area contributed by atoms with Gasteiger partial charge in [0.15, 0.2) is 0 Å². The van der Waals surface area contributed by atoms with Crippen molar-refractivity contribution >= 4 is 28.8 Å². The van der Waals surface area contributed by atoms with Gasteiger partial charge in [0.25, 0.3) is 11.8 Å². The summed E-state index contributed by atoms with van der Waals surface area (Å²) in [6, 6.07) is 10.3. The highest BCUT2D eigenvalue weighted by Gasteiger charge is 2.10. The molecule has 2 amide bonds. The molecule has 1 heterocycles. The molecule has 0 aliphatic rings. The standard InChI is InChI=1S/C16H18N2O3S/c1-11(19)7-8-17-15(20)12-4-2-5-13(10-12)18-16(21)14-6-3-9-22-14/h2-6,9-11,19H,7-8H2,1H3,(H,17,20)(H,18,21). The van der Waals surface area contributed by atoms with Crippen molar-refractivity contribution in [1.82, 2.24) is 5.32 Å². The van der Waals surface area contributed by atoms with E-state index in [-0.39, 0.29) is 11.8 Å². The van der Waals surface area contributed by atoms with Gasteiger partial charge in [-0.05, 0) is 43.0 Å². The Kier molecular flexibility index (Phi) is 5.68. The highest BCUT2D eigenvalue weighted by Crippen LogP contribution is 2.15. The van der Waals surface area contributed by atoms with Gasteiger partial charge in [0.05, 0.1) is 11.0 Å². The van der Waals surface area contributed by atoms with Crippen LogP contribution in [0.5, 0.6) is 0 Å². The molecule has 1 aromatic carbocycles. The van der Waals surface area contributed by atoms with E-state index in [9.17, 15) is 14.7 Å². The third kappa shape index (κ3) is 4.68. The first-order valence-corrected chi connectivity index (χ1v) is 7.85. The predicted octanol–water partition coefficient (Wildman–Crippen LogP) is 2.50. The molecule has 0 radical (unpaired) electrons. The quantitative estimate of drug-likeness (QED) is 0.766. The first kappa shape index (κ1) is 16.2. The number of thiophene rings is 1. The fourth-order valence-corrected chi connectivity index (χ4v) is 2.45. The first-order chi connectivity index (χ1) is 10.6. The Labute approximate surface area is 133 Å². The van der Waals surface area contributed by atoms with Crippen LogP contribution in [0.1, 0.15) is 33.4 Å². The number of anilines is 1. The minimum Gasteiger partial charge on any atom is -0.393 e. The fourth-order valence-electron chi connectivity index (χ4n) is 1.84. The molecule has 0 aliphatic heterocycles. The third-order valence-corrected chi connectivity index (χ3v) is 3.84. The summed E-state index contributed by atoms with van der Waals surface area (Å²) in [6.07, 6.45) is 0.0531. The van der Waals surface area contributed by atoms with Gasteiger partial charge in [-0.15, -0.1) is 11.3 Å². The Morgan fingerprint density at radius 2 is 2.05 bits per heavy atom. The van der Waals surface area contributed by atoms with Crippen molar-refractivity contribution in [2.24, 2.45) is 0 Å². The lowest BCUT2D eigenvalue weighted by Crippen LogP contribution is -2.26. The lowest BCUT2D eigenvalue weighted by molar-refractivity contribution is 0.0944. The molecule has 116 valence electrons. The minimum absolute atomic E-state index is 0.193. The lowest BCUT2D eigenvalue weighted by Gasteiger charge is -2.08. The van der Waals surface area contributed by atoms with E-state index in [2.05, 4.69) is 10.6 Å². The molecule has 2 aromatic rings.